The summed E-state index contributed by atoms with van der Waals surface area (Å²) in [5.74, 6) is 0. The van der Waals surface area contributed by atoms with Gasteiger partial charge in [-0.1, -0.05) is 0 Å². The molecule has 0 unspecified atom stereocenters. The maximum absolute atomic E-state index is 9.77. The highest BCUT2D eigenvalue weighted by Crippen LogP contribution is 2.09. The summed E-state index contributed by atoms with van der Waals surface area (Å²) in [5, 5.41) is 0. The van der Waals surface area contributed by atoms with Crippen molar-refractivity contribution in [3.05, 3.63) is 0 Å². The second-order valence-electron chi connectivity index (χ2n) is 2.28. The van der Waals surface area contributed by atoms with E-state index in [1.54, 1.807) is 13.4 Å². The predicted molar refractivity (Wildman–Crippen MR) is 31.4 cm³/mol. The van der Waals surface area contributed by atoms with E-state index < -0.39 is 0 Å². The molecule has 2 nitrogen and oxygen atoms in total. The minimum absolute atomic E-state index is 0.332. The van der Waals surface area contributed by atoms with Gasteiger partial charge in [0.1, 0.15) is 0 Å². The molecule has 1 radical (unpaired) electrons. The molecule has 0 spiro atoms. The Hall–Kier alpha value is -0.370. The van der Waals surface area contributed by atoms with Gasteiger partial charge in [-0.3, -0.25) is 4.79 Å². The summed E-state index contributed by atoms with van der Waals surface area (Å²) in [7, 11) is 1.58. The highest BCUT2D eigenvalue weighted by Gasteiger charge is 2.14. The Morgan fingerprint density at radius 1 is 1.62 bits per heavy atom. The topological polar surface area (TPSA) is 26.3 Å². The fourth-order valence-electron chi connectivity index (χ4n) is 0.246. The van der Waals surface area contributed by atoms with Gasteiger partial charge in [-0.2, -0.15) is 0 Å². The van der Waals surface area contributed by atoms with Gasteiger partial charge in [0.15, 0.2) is 0 Å². The van der Waals surface area contributed by atoms with Crippen LogP contribution in [0.5, 0.6) is 0 Å². The molecular formula is C6H11O2. The summed E-state index contributed by atoms with van der Waals surface area (Å²) in [6.45, 7) is 3.69. The molecule has 0 saturated carbocycles. The van der Waals surface area contributed by atoms with Crippen molar-refractivity contribution >= 4 is 6.29 Å². The molecule has 0 N–H and O–H groups in total. The van der Waals surface area contributed by atoms with Crippen LogP contribution in [0.2, 0.25) is 0 Å². The van der Waals surface area contributed by atoms with Gasteiger partial charge in [0.25, 0.3) is 0 Å². The van der Waals surface area contributed by atoms with E-state index >= 15 is 0 Å². The fraction of sp³-hybridized carbons (Fsp3) is 0.833. The van der Waals surface area contributed by atoms with Crippen LogP contribution >= 0.6 is 0 Å². The maximum Gasteiger partial charge on any atom is 0.201 e. The lowest BCUT2D eigenvalue weighted by Gasteiger charge is -2.18. The van der Waals surface area contributed by atoms with Crippen molar-refractivity contribution in [2.24, 2.45) is 0 Å². The van der Waals surface area contributed by atoms with Crippen LogP contribution in [0.15, 0.2) is 0 Å². The lowest BCUT2D eigenvalue weighted by Crippen LogP contribution is -2.22. The molecule has 0 rings (SSSR count). The van der Waals surface area contributed by atoms with E-state index in [0.717, 1.165) is 0 Å². The van der Waals surface area contributed by atoms with Gasteiger partial charge in [0.2, 0.25) is 6.29 Å². The quantitative estimate of drug-likeness (QED) is 0.546. The average Bonchev–Trinajstić information content (AvgIpc) is 1.67. The van der Waals surface area contributed by atoms with Crippen LogP contribution in [-0.2, 0) is 9.53 Å². The van der Waals surface area contributed by atoms with Crippen LogP contribution in [0.4, 0.5) is 0 Å². The third kappa shape index (κ3) is 2.75. The number of rotatable bonds is 3. The van der Waals surface area contributed by atoms with Crippen molar-refractivity contribution < 1.29 is 9.53 Å². The molecule has 0 bridgehead atoms. The maximum atomic E-state index is 9.77. The van der Waals surface area contributed by atoms with Crippen molar-refractivity contribution in [1.82, 2.24) is 0 Å². The van der Waals surface area contributed by atoms with Gasteiger partial charge < -0.3 is 4.74 Å². The summed E-state index contributed by atoms with van der Waals surface area (Å²) >= 11 is 0. The Bertz CT molecular complexity index is 76.6. The van der Waals surface area contributed by atoms with E-state index in [1.165, 1.54) is 0 Å². The van der Waals surface area contributed by atoms with E-state index in [-0.39, 0.29) is 5.60 Å². The molecule has 8 heavy (non-hydrogen) atoms. The standard InChI is InChI=1S/C6H11O2/c1-6(2,8-3)4-5-7/h4H2,1-3H3. The van der Waals surface area contributed by atoms with Gasteiger partial charge in [-0.25, -0.2) is 0 Å². The molecule has 47 valence electrons. The minimum Gasteiger partial charge on any atom is -0.378 e. The number of methoxy groups -OCH3 is 1. The van der Waals surface area contributed by atoms with Crippen LogP contribution in [0.1, 0.15) is 20.3 Å². The van der Waals surface area contributed by atoms with Gasteiger partial charge in [0, 0.05) is 13.5 Å². The minimum atomic E-state index is -0.332. The van der Waals surface area contributed by atoms with Gasteiger partial charge >= 0.3 is 0 Å². The summed E-state index contributed by atoms with van der Waals surface area (Å²) in [5.41, 5.74) is -0.332. The highest BCUT2D eigenvalue weighted by molar-refractivity contribution is 5.52. The molecule has 0 aromatic carbocycles. The lowest BCUT2D eigenvalue weighted by molar-refractivity contribution is 0.0289. The third-order valence-electron chi connectivity index (χ3n) is 1.05. The summed E-state index contributed by atoms with van der Waals surface area (Å²) < 4.78 is 4.92. The highest BCUT2D eigenvalue weighted by atomic mass is 16.5. The first-order valence-corrected chi connectivity index (χ1v) is 2.52. The molecule has 0 heterocycles. The zero-order valence-corrected chi connectivity index (χ0v) is 5.52. The Morgan fingerprint density at radius 3 is 2.25 bits per heavy atom. The number of carbonyl (C=O) groups excluding carboxylic acids is 1. The van der Waals surface area contributed by atoms with Crippen LogP contribution in [0.25, 0.3) is 0 Å². The van der Waals surface area contributed by atoms with Crippen LogP contribution in [0.3, 0.4) is 0 Å². The second-order valence-corrected chi connectivity index (χ2v) is 2.28. The van der Waals surface area contributed by atoms with Crippen LogP contribution < -0.4 is 0 Å². The Balaban J connectivity index is 3.53. The van der Waals surface area contributed by atoms with E-state index in [4.69, 9.17) is 4.74 Å². The van der Waals surface area contributed by atoms with Crippen LogP contribution in [0, 0.1) is 0 Å². The first-order valence-electron chi connectivity index (χ1n) is 2.52. The summed E-state index contributed by atoms with van der Waals surface area (Å²) in [4.78, 5) is 9.77. The Kier molecular flexibility index (Phi) is 2.69. The van der Waals surface area contributed by atoms with Crippen molar-refractivity contribution in [2.75, 3.05) is 7.11 Å². The largest absolute Gasteiger partial charge is 0.378 e. The SMILES string of the molecule is COC(C)(C)C[C]=O. The van der Waals surface area contributed by atoms with Crippen molar-refractivity contribution in [1.29, 1.82) is 0 Å². The van der Waals surface area contributed by atoms with Crippen LogP contribution in [-0.4, -0.2) is 19.0 Å². The average molecular weight is 115 g/mol. The van der Waals surface area contributed by atoms with E-state index in [9.17, 15) is 4.79 Å². The first-order chi connectivity index (χ1) is 3.62. The second kappa shape index (κ2) is 2.82. The van der Waals surface area contributed by atoms with Crippen molar-refractivity contribution in [3.63, 3.8) is 0 Å². The summed E-state index contributed by atoms with van der Waals surface area (Å²) in [6, 6.07) is 0. The van der Waals surface area contributed by atoms with E-state index in [0.29, 0.717) is 6.42 Å². The van der Waals surface area contributed by atoms with E-state index in [2.05, 4.69) is 0 Å². The van der Waals surface area contributed by atoms with Gasteiger partial charge in [-0.15, -0.1) is 0 Å². The van der Waals surface area contributed by atoms with Crippen molar-refractivity contribution in [2.45, 2.75) is 25.9 Å². The molecule has 0 amide bonds. The molecule has 2 heteroatoms. The molecule has 0 saturated heterocycles. The fourth-order valence-corrected chi connectivity index (χ4v) is 0.246. The molecule has 0 aromatic rings. The Labute approximate surface area is 49.8 Å². The molecule has 0 aromatic heterocycles. The van der Waals surface area contributed by atoms with Gasteiger partial charge in [-0.05, 0) is 13.8 Å². The molecule has 0 fully saturated rings. The zero-order valence-electron chi connectivity index (χ0n) is 5.52. The first kappa shape index (κ1) is 7.63. The molecular weight excluding hydrogens is 104 g/mol. The normalized spacial score (nSPS) is 11.4. The molecule has 0 aliphatic rings. The predicted octanol–water partition coefficient (Wildman–Crippen LogP) is 0.911. The molecule has 0 aliphatic heterocycles. The number of hydrogen-bond acceptors (Lipinski definition) is 2. The van der Waals surface area contributed by atoms with Gasteiger partial charge in [0.05, 0.1) is 5.60 Å². The number of hydrogen-bond donors (Lipinski definition) is 0. The van der Waals surface area contributed by atoms with Crippen molar-refractivity contribution in [3.8, 4) is 0 Å². The monoisotopic (exact) mass is 115 g/mol. The molecule has 0 atom stereocenters. The zero-order chi connectivity index (χ0) is 6.62. The lowest BCUT2D eigenvalue weighted by atomic mass is 10.1. The smallest absolute Gasteiger partial charge is 0.201 e. The Morgan fingerprint density at radius 2 is 2.12 bits per heavy atom. The third-order valence-corrected chi connectivity index (χ3v) is 1.05. The van der Waals surface area contributed by atoms with E-state index in [1.807, 2.05) is 13.8 Å². The number of ether oxygens (including phenoxy) is 1. The molecule has 0 aliphatic carbocycles. The summed E-state index contributed by atoms with van der Waals surface area (Å²) in [6.07, 6.45) is 2.12.